The van der Waals surface area contributed by atoms with Gasteiger partial charge < -0.3 is 14.7 Å². The van der Waals surface area contributed by atoms with Gasteiger partial charge in [-0.25, -0.2) is 4.79 Å². The Bertz CT molecular complexity index is 881. The maximum Gasteiger partial charge on any atom is 0.407 e. The molecule has 1 saturated heterocycles. The number of hydrogen-bond acceptors (Lipinski definition) is 2. The van der Waals surface area contributed by atoms with E-state index >= 15 is 0 Å². The third-order valence-corrected chi connectivity index (χ3v) is 6.14. The number of benzene rings is 2. The van der Waals surface area contributed by atoms with Crippen LogP contribution in [0.4, 0.5) is 4.79 Å². The van der Waals surface area contributed by atoms with Crippen LogP contribution in [0.5, 0.6) is 5.75 Å². The number of halogens is 1. The molecule has 25 heavy (non-hydrogen) atoms. The van der Waals surface area contributed by atoms with Gasteiger partial charge in [0.2, 0.25) is 0 Å². The van der Waals surface area contributed by atoms with Gasteiger partial charge in [0.15, 0.2) is 0 Å². The fourth-order valence-electron chi connectivity index (χ4n) is 4.93. The Balaban J connectivity index is 1.63. The van der Waals surface area contributed by atoms with Gasteiger partial charge in [-0.05, 0) is 53.6 Å². The molecule has 1 N–H and O–H groups in total. The van der Waals surface area contributed by atoms with Crippen LogP contribution in [-0.4, -0.2) is 28.7 Å². The maximum absolute atomic E-state index is 11.6. The summed E-state index contributed by atoms with van der Waals surface area (Å²) in [4.78, 5) is 13.2. The molecule has 0 radical (unpaired) electrons. The highest BCUT2D eigenvalue weighted by Gasteiger charge is 2.48. The molecule has 5 rings (SSSR count). The Hall–Kier alpha value is -2.20. The van der Waals surface area contributed by atoms with E-state index in [4.69, 9.17) is 16.3 Å². The number of ether oxygens (including phenoxy) is 1. The predicted octanol–water partition coefficient (Wildman–Crippen LogP) is 4.76. The lowest BCUT2D eigenvalue weighted by atomic mass is 9.83. The van der Waals surface area contributed by atoms with E-state index in [2.05, 4.69) is 12.1 Å². The van der Waals surface area contributed by atoms with Gasteiger partial charge in [-0.1, -0.05) is 29.8 Å². The van der Waals surface area contributed by atoms with Gasteiger partial charge in [0, 0.05) is 29.1 Å². The van der Waals surface area contributed by atoms with Crippen molar-refractivity contribution in [3.8, 4) is 16.9 Å². The van der Waals surface area contributed by atoms with E-state index in [9.17, 15) is 9.90 Å². The summed E-state index contributed by atoms with van der Waals surface area (Å²) < 4.78 is 5.97. The van der Waals surface area contributed by atoms with Crippen LogP contribution in [0.25, 0.3) is 11.1 Å². The standard InChI is InChI=1S/C20H18ClNO3/c21-13-4-5-14-12(8-13)10-25-18-3-1-2-15(19(14)18)16-6-11-7-17(16)22(9-11)20(23)24/h1-5,8,11,16-17H,6-7,9-10H2,(H,23,24). The van der Waals surface area contributed by atoms with Crippen LogP contribution in [0.1, 0.15) is 29.9 Å². The Morgan fingerprint density at radius 3 is 2.92 bits per heavy atom. The van der Waals surface area contributed by atoms with Crippen molar-refractivity contribution in [2.45, 2.75) is 31.4 Å². The fourth-order valence-corrected chi connectivity index (χ4v) is 5.12. The van der Waals surface area contributed by atoms with Crippen LogP contribution < -0.4 is 4.74 Å². The number of rotatable bonds is 1. The molecule has 3 aliphatic rings. The molecule has 4 nitrogen and oxygen atoms in total. The Kier molecular flexibility index (Phi) is 3.26. The molecule has 128 valence electrons. The maximum atomic E-state index is 11.6. The van der Waals surface area contributed by atoms with E-state index in [1.54, 1.807) is 4.90 Å². The molecule has 1 amide bonds. The van der Waals surface area contributed by atoms with E-state index < -0.39 is 6.09 Å². The summed E-state index contributed by atoms with van der Waals surface area (Å²) in [6, 6.07) is 12.2. The van der Waals surface area contributed by atoms with E-state index in [0.717, 1.165) is 35.3 Å². The second-order valence-corrected chi connectivity index (χ2v) is 7.69. The summed E-state index contributed by atoms with van der Waals surface area (Å²) in [6.45, 7) is 1.19. The van der Waals surface area contributed by atoms with Crippen LogP contribution in [-0.2, 0) is 6.61 Å². The van der Waals surface area contributed by atoms with Crippen molar-refractivity contribution in [2.75, 3.05) is 6.54 Å². The smallest absolute Gasteiger partial charge is 0.407 e. The molecule has 1 saturated carbocycles. The second kappa shape index (κ2) is 5.40. The third kappa shape index (κ3) is 2.24. The number of piperidine rings is 1. The SMILES string of the molecule is O=C(O)N1CC2CC(c3cccc4c3-c3ccc(Cl)cc3CO4)C1C2. The van der Waals surface area contributed by atoms with Crippen LogP contribution in [0, 0.1) is 5.92 Å². The first-order valence-electron chi connectivity index (χ1n) is 8.66. The molecular weight excluding hydrogens is 338 g/mol. The predicted molar refractivity (Wildman–Crippen MR) is 95.2 cm³/mol. The van der Waals surface area contributed by atoms with Gasteiger partial charge >= 0.3 is 6.09 Å². The molecule has 2 aromatic rings. The summed E-state index contributed by atoms with van der Waals surface area (Å²) in [5.41, 5.74) is 4.57. The molecule has 2 heterocycles. The molecule has 3 unspecified atom stereocenters. The third-order valence-electron chi connectivity index (χ3n) is 5.91. The van der Waals surface area contributed by atoms with Gasteiger partial charge in [-0.3, -0.25) is 0 Å². The zero-order valence-electron chi connectivity index (χ0n) is 13.6. The number of amides is 1. The normalized spacial score (nSPS) is 26.1. The number of carbonyl (C=O) groups is 1. The van der Waals surface area contributed by atoms with E-state index in [0.29, 0.717) is 24.1 Å². The minimum atomic E-state index is -0.801. The van der Waals surface area contributed by atoms with Crippen LogP contribution >= 0.6 is 11.6 Å². The molecule has 2 bridgehead atoms. The minimum absolute atomic E-state index is 0.0756. The molecule has 0 spiro atoms. The summed E-state index contributed by atoms with van der Waals surface area (Å²) in [6.07, 6.45) is 1.22. The lowest BCUT2D eigenvalue weighted by molar-refractivity contribution is 0.124. The lowest BCUT2D eigenvalue weighted by Crippen LogP contribution is -2.40. The largest absolute Gasteiger partial charge is 0.488 e. The Morgan fingerprint density at radius 2 is 2.12 bits per heavy atom. The highest BCUT2D eigenvalue weighted by atomic mass is 35.5. The van der Waals surface area contributed by atoms with Gasteiger partial charge in [-0.2, -0.15) is 0 Å². The van der Waals surface area contributed by atoms with Gasteiger partial charge in [-0.15, -0.1) is 0 Å². The summed E-state index contributed by atoms with van der Waals surface area (Å²) in [5.74, 6) is 1.59. The van der Waals surface area contributed by atoms with Crippen molar-refractivity contribution >= 4 is 17.7 Å². The molecule has 3 atom stereocenters. The van der Waals surface area contributed by atoms with Crippen molar-refractivity contribution < 1.29 is 14.6 Å². The van der Waals surface area contributed by atoms with Gasteiger partial charge in [0.25, 0.3) is 0 Å². The average Bonchev–Trinajstić information content (AvgIpc) is 3.21. The molecule has 2 aromatic carbocycles. The molecule has 5 heteroatoms. The molecular formula is C20H18ClNO3. The lowest BCUT2D eigenvalue weighted by Gasteiger charge is -2.34. The fraction of sp³-hybridized carbons (Fsp3) is 0.350. The summed E-state index contributed by atoms with van der Waals surface area (Å²) >= 11 is 6.15. The first-order valence-corrected chi connectivity index (χ1v) is 9.03. The van der Waals surface area contributed by atoms with Crippen molar-refractivity contribution in [1.82, 2.24) is 4.90 Å². The van der Waals surface area contributed by atoms with E-state index in [1.807, 2.05) is 24.3 Å². The topological polar surface area (TPSA) is 49.8 Å². The van der Waals surface area contributed by atoms with Crippen LogP contribution in [0.15, 0.2) is 36.4 Å². The second-order valence-electron chi connectivity index (χ2n) is 7.26. The molecule has 0 aromatic heterocycles. The van der Waals surface area contributed by atoms with E-state index in [1.165, 1.54) is 5.56 Å². The zero-order valence-corrected chi connectivity index (χ0v) is 14.4. The van der Waals surface area contributed by atoms with Crippen LogP contribution in [0.2, 0.25) is 5.02 Å². The Labute approximate surface area is 151 Å². The number of hydrogen-bond donors (Lipinski definition) is 1. The highest BCUT2D eigenvalue weighted by molar-refractivity contribution is 6.30. The minimum Gasteiger partial charge on any atom is -0.488 e. The number of carboxylic acid groups (broad SMARTS) is 1. The Morgan fingerprint density at radius 1 is 1.24 bits per heavy atom. The summed E-state index contributed by atoms with van der Waals surface area (Å²) in [7, 11) is 0. The summed E-state index contributed by atoms with van der Waals surface area (Å²) in [5, 5.41) is 10.2. The average molecular weight is 356 g/mol. The molecule has 2 aliphatic heterocycles. The number of fused-ring (bicyclic) bond motifs is 5. The molecule has 1 aliphatic carbocycles. The van der Waals surface area contributed by atoms with E-state index in [-0.39, 0.29) is 12.0 Å². The first-order chi connectivity index (χ1) is 12.1. The number of nitrogens with zero attached hydrogens (tertiary/aromatic N) is 1. The van der Waals surface area contributed by atoms with Gasteiger partial charge in [0.05, 0.1) is 0 Å². The van der Waals surface area contributed by atoms with Crippen molar-refractivity contribution in [3.63, 3.8) is 0 Å². The first kappa shape index (κ1) is 15.1. The zero-order chi connectivity index (χ0) is 17.1. The van der Waals surface area contributed by atoms with Crippen molar-refractivity contribution in [2.24, 2.45) is 5.92 Å². The monoisotopic (exact) mass is 355 g/mol. The quantitative estimate of drug-likeness (QED) is 0.802. The highest BCUT2D eigenvalue weighted by Crippen LogP contribution is 2.52. The number of likely N-dealkylation sites (tertiary alicyclic amines) is 1. The molecule has 2 fully saturated rings. The van der Waals surface area contributed by atoms with Crippen LogP contribution in [0.3, 0.4) is 0 Å². The van der Waals surface area contributed by atoms with Gasteiger partial charge in [0.1, 0.15) is 12.4 Å². The van der Waals surface area contributed by atoms with Crippen molar-refractivity contribution in [1.29, 1.82) is 0 Å². The van der Waals surface area contributed by atoms with Crippen molar-refractivity contribution in [3.05, 3.63) is 52.5 Å².